The number of aromatic nitrogens is 21. The lowest BCUT2D eigenvalue weighted by Gasteiger charge is -2.32. The maximum absolute atomic E-state index is 12.8. The van der Waals surface area contributed by atoms with Crippen LogP contribution in [0.25, 0.3) is 168 Å². The molecule has 3 aromatic carbocycles. The molecule has 0 radical (unpaired) electrons. The van der Waals surface area contributed by atoms with E-state index in [-0.39, 0.29) is 23.9 Å². The van der Waals surface area contributed by atoms with E-state index in [2.05, 4.69) is 118 Å². The van der Waals surface area contributed by atoms with Crippen LogP contribution in [-0.4, -0.2) is 198 Å². The van der Waals surface area contributed by atoms with Crippen molar-refractivity contribution >= 4 is 136 Å². The number of hydrogen-bond acceptors (Lipinski definition) is 20. The lowest BCUT2D eigenvalue weighted by atomic mass is 10.1. The highest BCUT2D eigenvalue weighted by molar-refractivity contribution is 6.31. The van der Waals surface area contributed by atoms with Crippen molar-refractivity contribution in [2.75, 3.05) is 75.5 Å². The van der Waals surface area contributed by atoms with Gasteiger partial charge in [0.25, 0.3) is 0 Å². The average molecular weight is 1620 g/mol. The highest BCUT2D eigenvalue weighted by Gasteiger charge is 2.30. The average Bonchev–Trinajstić information content (AvgIpc) is 1.62. The molecule has 34 heteroatoms. The fourth-order valence-corrected chi connectivity index (χ4v) is 14.8. The van der Waals surface area contributed by atoms with Crippen LogP contribution in [0.1, 0.15) is 12.8 Å². The van der Waals surface area contributed by atoms with Crippen molar-refractivity contribution < 1.29 is 19.1 Å². The van der Waals surface area contributed by atoms with Crippen molar-refractivity contribution in [3.63, 3.8) is 0 Å². The molecule has 0 atom stereocenters. The summed E-state index contributed by atoms with van der Waals surface area (Å²) in [7, 11) is 2.06. The minimum atomic E-state index is -0.176. The molecule has 2 aliphatic heterocycles. The molecular weight excluding hydrogens is 1560 g/mol. The second kappa shape index (κ2) is 31.8. The summed E-state index contributed by atoms with van der Waals surface area (Å²) in [5.41, 5.74) is 20.7. The van der Waals surface area contributed by atoms with E-state index in [1.54, 1.807) is 97.9 Å². The third-order valence-corrected chi connectivity index (χ3v) is 21.3. The number of halogens is 3. The van der Waals surface area contributed by atoms with Gasteiger partial charge in [-0.25, -0.2) is 39.5 Å². The van der Waals surface area contributed by atoms with Gasteiger partial charge in [-0.2, -0.15) is 15.3 Å². The minimum Gasteiger partial charge on any atom is -0.378 e. The molecule has 31 nitrogen and oxygen atoms in total. The summed E-state index contributed by atoms with van der Waals surface area (Å²) < 4.78 is 5.33. The Morgan fingerprint density at radius 1 is 0.390 bits per heavy atom. The Morgan fingerprint density at radius 3 is 1.10 bits per heavy atom. The van der Waals surface area contributed by atoms with Gasteiger partial charge in [0.1, 0.15) is 17.1 Å². The molecule has 1 aliphatic carbocycles. The van der Waals surface area contributed by atoms with Gasteiger partial charge in [0.2, 0.25) is 5.91 Å². The van der Waals surface area contributed by atoms with Crippen LogP contribution in [0.15, 0.2) is 202 Å². The fraction of sp³-hybridized carbons (Fsp3) is 0.143. The summed E-state index contributed by atoms with van der Waals surface area (Å²) in [6, 6.07) is 34.2. The Hall–Kier alpha value is -14.4. The summed E-state index contributed by atoms with van der Waals surface area (Å²) in [4.78, 5) is 108. The second-order valence-electron chi connectivity index (χ2n) is 28.5. The Morgan fingerprint density at radius 2 is 0.737 bits per heavy atom. The van der Waals surface area contributed by atoms with E-state index < -0.39 is 0 Å². The Kier molecular flexibility index (Phi) is 19.9. The summed E-state index contributed by atoms with van der Waals surface area (Å²) in [5.74, 6) is 2.01. The number of carbonyl (C=O) groups excluding carboxylic acids is 3. The molecule has 3 aliphatic rings. The number of rotatable bonds is 13. The zero-order valence-electron chi connectivity index (χ0n) is 62.5. The van der Waals surface area contributed by atoms with Crippen molar-refractivity contribution in [2.24, 2.45) is 5.92 Å². The predicted octanol–water partition coefficient (Wildman–Crippen LogP) is 15.8. The number of hydrogen-bond donors (Lipinski definition) is 9. The number of likely N-dealkylation sites (N-methyl/N-ethyl adjacent to an activating group) is 1. The first-order chi connectivity index (χ1) is 57.8. The van der Waals surface area contributed by atoms with Crippen LogP contribution in [0, 0.1) is 5.92 Å². The summed E-state index contributed by atoms with van der Waals surface area (Å²) in [5, 5.41) is 35.6. The van der Waals surface area contributed by atoms with Crippen molar-refractivity contribution in [1.82, 2.24) is 120 Å². The third kappa shape index (κ3) is 15.4. The number of piperazine rings is 1. The molecule has 118 heavy (non-hydrogen) atoms. The monoisotopic (exact) mass is 1620 g/mol. The smallest absolute Gasteiger partial charge is 0.322 e. The maximum Gasteiger partial charge on any atom is 0.322 e. The standard InChI is InChI=1S/C29H25ClN10O.C28H22ClN9O2.C27H19ClN8O/c1-39-5-7-40(8-6-39)29(41)34-21-10-18(12-31-14-21)19-11-22-26(37-38-27(22)33-13-19)28-35-24-16-32-15-23(25(24)36-28)17-3-2-4-20(30)9-17;29-19-3-1-2-16(8-19)22-14-31-15-23-24(22)35-27(34-23)25-21-10-18(12-32-26(21)37-36-25)17-9-20(13-30-11-17)33-28(39)38-4-6-40-7-5-38;28-18-3-1-2-15(6-18)21-12-30-13-22-23(21)34-26(33-22)24-20-8-17(10-31-25(20)36-35-24)16-7-19(11-29-9-16)32-27(37)14-4-5-14/h2-4,9-16H,5-8H2,1H3,(H,34,41)(H,35,36)(H,33,37,38);1-3,8-15H,4-7H2,(H,33,39)(H,34,35)(H,32,36,37);1-3,6-14H,4-5H2,(H,32,37)(H,33,34)(H,31,35,36). The zero-order chi connectivity index (χ0) is 79.9. The Bertz CT molecular complexity index is 6900. The van der Waals surface area contributed by atoms with Gasteiger partial charge < -0.3 is 50.3 Å². The number of morpholine rings is 1. The predicted molar refractivity (Wildman–Crippen MR) is 452 cm³/mol. The third-order valence-electron chi connectivity index (χ3n) is 20.6. The Labute approximate surface area is 684 Å². The van der Waals surface area contributed by atoms with Gasteiger partial charge in [0.15, 0.2) is 34.4 Å². The van der Waals surface area contributed by atoms with Crippen LogP contribution in [0.3, 0.4) is 0 Å². The summed E-state index contributed by atoms with van der Waals surface area (Å²) in [6.07, 6.45) is 27.8. The number of fused-ring (bicyclic) bond motifs is 6. The highest BCUT2D eigenvalue weighted by Crippen LogP contribution is 2.39. The van der Waals surface area contributed by atoms with Gasteiger partial charge >= 0.3 is 12.1 Å². The number of anilines is 3. The van der Waals surface area contributed by atoms with E-state index in [0.717, 1.165) is 142 Å². The lowest BCUT2D eigenvalue weighted by Crippen LogP contribution is -2.48. The normalized spacial score (nSPS) is 13.7. The van der Waals surface area contributed by atoms with Crippen molar-refractivity contribution in [2.45, 2.75) is 12.8 Å². The number of carbonyl (C=O) groups is 3. The van der Waals surface area contributed by atoms with Gasteiger partial charge in [0, 0.05) is 166 Å². The van der Waals surface area contributed by atoms with E-state index in [4.69, 9.17) is 54.5 Å². The first-order valence-electron chi connectivity index (χ1n) is 37.6. The van der Waals surface area contributed by atoms with Crippen LogP contribution in [0.2, 0.25) is 15.1 Å². The minimum absolute atomic E-state index is 0.0427. The van der Waals surface area contributed by atoms with Gasteiger partial charge in [-0.1, -0.05) is 71.2 Å². The fourth-order valence-electron chi connectivity index (χ4n) is 14.2. The number of nitrogens with zero attached hydrogens (tertiary/aromatic N) is 18. The number of ether oxygens (including phenoxy) is 1. The van der Waals surface area contributed by atoms with Crippen molar-refractivity contribution in [1.29, 1.82) is 0 Å². The number of H-pyrrole nitrogens is 6. The SMILES string of the molecule is CN1CCN(C(=O)Nc2cncc(-c3cnc4n[nH]c(-c5nc6c(-c7cccc(Cl)c7)cncc6[nH]5)c4c3)c2)CC1.O=C(Nc1cncc(-c2cnc3n[nH]c(-c4nc5c(-c6cccc(Cl)c6)cncc5[nH]4)c3c2)c1)C1CC1.O=C(Nc1cncc(-c2cnc3n[nH]c(-c4nc5c(-c6cccc(Cl)c6)cncc5[nH]4)c3c2)c1)N1CCOCC1. The molecule has 18 aromatic rings. The second-order valence-corrected chi connectivity index (χ2v) is 29.8. The highest BCUT2D eigenvalue weighted by atomic mass is 35.5. The van der Waals surface area contributed by atoms with Gasteiger partial charge in [-0.15, -0.1) is 0 Å². The molecule has 3 fully saturated rings. The number of benzene rings is 3. The number of pyridine rings is 9. The van der Waals surface area contributed by atoms with Crippen molar-refractivity contribution in [3.05, 3.63) is 217 Å². The Balaban J connectivity index is 0.000000118. The first-order valence-corrected chi connectivity index (χ1v) is 38.8. The number of aromatic amines is 6. The van der Waals surface area contributed by atoms with E-state index in [1.807, 2.05) is 114 Å². The van der Waals surface area contributed by atoms with Gasteiger partial charge in [0.05, 0.1) is 117 Å². The molecule has 582 valence electrons. The topological polar surface area (TPSA) is 394 Å². The van der Waals surface area contributed by atoms with Crippen LogP contribution in [0.4, 0.5) is 26.7 Å². The quantitative estimate of drug-likeness (QED) is 0.0518. The van der Waals surface area contributed by atoms with Crippen LogP contribution in [-0.2, 0) is 9.53 Å². The molecule has 9 N–H and O–H groups in total. The molecule has 0 unspecified atom stereocenters. The molecule has 1 saturated carbocycles. The zero-order valence-corrected chi connectivity index (χ0v) is 64.8. The number of nitrogens with one attached hydrogen (secondary N) is 9. The number of amides is 5. The van der Waals surface area contributed by atoms with E-state index in [1.165, 1.54) is 0 Å². The summed E-state index contributed by atoms with van der Waals surface area (Å²) in [6.45, 7) is 5.28. The van der Waals surface area contributed by atoms with Crippen LogP contribution >= 0.6 is 34.8 Å². The molecular formula is C84H66Cl3N27O4. The van der Waals surface area contributed by atoms with E-state index in [0.29, 0.717) is 123 Å². The molecule has 0 bridgehead atoms. The van der Waals surface area contributed by atoms with Gasteiger partial charge in [-0.3, -0.25) is 50.0 Å². The van der Waals surface area contributed by atoms with Crippen LogP contribution in [0.5, 0.6) is 0 Å². The van der Waals surface area contributed by atoms with Crippen LogP contribution < -0.4 is 16.0 Å². The molecule has 0 spiro atoms. The van der Waals surface area contributed by atoms with Crippen molar-refractivity contribution in [3.8, 4) is 101 Å². The lowest BCUT2D eigenvalue weighted by molar-refractivity contribution is -0.117. The molecule has 2 saturated heterocycles. The number of imidazole rings is 3. The molecule has 21 rings (SSSR count). The van der Waals surface area contributed by atoms with E-state index >= 15 is 0 Å². The van der Waals surface area contributed by atoms with Gasteiger partial charge in [-0.05, 0) is 109 Å². The molecule has 17 heterocycles. The largest absolute Gasteiger partial charge is 0.378 e. The first kappa shape index (κ1) is 73.8. The maximum atomic E-state index is 12.8. The number of urea groups is 2. The molecule has 15 aromatic heterocycles. The molecule has 5 amide bonds. The van der Waals surface area contributed by atoms with E-state index in [9.17, 15) is 14.4 Å². The summed E-state index contributed by atoms with van der Waals surface area (Å²) >= 11 is 18.7.